The average molecular weight is 888 g/mol. The SMILES string of the molecule is CCCC#CC1=C(c2cc(CCCC)cc(CCCC)c2)[N+](=[N-])C(c2cc(CCCC)cc(CCCC)c2)=C1CCCCC.Oc1ccccc1.Oc1ccccc1.[Pd]. The molecule has 5 rings (SSSR count). The number of hydrogen-bond donors (Lipinski definition) is 2. The number of aromatic hydroxyl groups is 2. The van der Waals surface area contributed by atoms with Gasteiger partial charge in [0.1, 0.15) is 17.1 Å². The molecule has 0 spiro atoms. The minimum Gasteiger partial charge on any atom is -0.508 e. The maximum atomic E-state index is 12.3. The Kier molecular flexibility index (Phi) is 25.8. The van der Waals surface area contributed by atoms with Gasteiger partial charge in [-0.1, -0.05) is 140 Å². The predicted octanol–water partition coefficient (Wildman–Crippen LogP) is 15.4. The third kappa shape index (κ3) is 17.9. The standard InChI is InChI=1S/C42H60N2.2C6H6O.Pd/c1-7-13-19-25-39-40(26-20-14-8-2)42(38-31-35(23-17-11-5)28-36(32-38)24-18-12-6)44(43)41(39)37-29-33(21-15-9-3)27-34(30-37)22-16-10-4;2*7-6-4-2-1-3-5-6;/h27-32H,7-19,21-25H2,1-6H3;2*1-5,7H;. The van der Waals surface area contributed by atoms with Crippen molar-refractivity contribution in [1.29, 1.82) is 0 Å². The molecule has 0 atom stereocenters. The molecular weight excluding hydrogens is 815 g/mol. The number of para-hydroxylation sites is 2. The molecule has 0 aliphatic carbocycles. The van der Waals surface area contributed by atoms with Crippen LogP contribution in [0.25, 0.3) is 16.9 Å². The summed E-state index contributed by atoms with van der Waals surface area (Å²) in [6.45, 7) is 13.5. The van der Waals surface area contributed by atoms with E-state index in [1.54, 1.807) is 53.2 Å². The zero-order valence-electron chi connectivity index (χ0n) is 37.1. The summed E-state index contributed by atoms with van der Waals surface area (Å²) in [7, 11) is 0. The Bertz CT molecular complexity index is 1850. The van der Waals surface area contributed by atoms with Crippen molar-refractivity contribution in [2.24, 2.45) is 0 Å². The monoisotopic (exact) mass is 886 g/mol. The predicted molar refractivity (Wildman–Crippen MR) is 248 cm³/mol. The fourth-order valence-electron chi connectivity index (χ4n) is 7.13. The zero-order chi connectivity index (χ0) is 42.0. The molecule has 1 aliphatic heterocycles. The first kappa shape index (κ1) is 50.9. The summed E-state index contributed by atoms with van der Waals surface area (Å²) in [4.78, 5) is 0. The minimum atomic E-state index is 0. The third-order valence-electron chi connectivity index (χ3n) is 10.3. The Morgan fingerprint density at radius 2 is 0.864 bits per heavy atom. The summed E-state index contributed by atoms with van der Waals surface area (Å²) in [6, 6.07) is 31.6. The molecule has 320 valence electrons. The molecule has 59 heavy (non-hydrogen) atoms. The first-order valence-corrected chi connectivity index (χ1v) is 22.5. The number of hydrogen-bond acceptors (Lipinski definition) is 2. The van der Waals surface area contributed by atoms with Crippen LogP contribution in [0.15, 0.2) is 108 Å². The van der Waals surface area contributed by atoms with Crippen molar-refractivity contribution in [2.75, 3.05) is 0 Å². The van der Waals surface area contributed by atoms with Crippen LogP contribution >= 0.6 is 0 Å². The Labute approximate surface area is 372 Å². The molecule has 0 aromatic heterocycles. The summed E-state index contributed by atoms with van der Waals surface area (Å²) in [5.41, 5.74) is 24.2. The van der Waals surface area contributed by atoms with Gasteiger partial charge in [0.25, 0.3) is 0 Å². The number of allylic oxidation sites excluding steroid dienone is 2. The van der Waals surface area contributed by atoms with Gasteiger partial charge in [-0.05, 0) is 141 Å². The zero-order valence-corrected chi connectivity index (χ0v) is 38.6. The Hall–Kier alpha value is -4.22. The van der Waals surface area contributed by atoms with Gasteiger partial charge in [0.2, 0.25) is 11.4 Å². The van der Waals surface area contributed by atoms with Gasteiger partial charge in [-0.2, -0.15) is 0 Å². The van der Waals surface area contributed by atoms with E-state index < -0.39 is 0 Å². The van der Waals surface area contributed by atoms with Crippen molar-refractivity contribution in [3.63, 3.8) is 0 Å². The molecule has 4 aromatic carbocycles. The summed E-state index contributed by atoms with van der Waals surface area (Å²) in [6.07, 6.45) is 20.1. The molecular formula is C54H72N2O2Pd. The number of phenolic OH excluding ortho intramolecular Hbond substituents is 2. The largest absolute Gasteiger partial charge is 0.508 e. The van der Waals surface area contributed by atoms with Crippen molar-refractivity contribution < 1.29 is 35.3 Å². The van der Waals surface area contributed by atoms with Gasteiger partial charge in [-0.3, -0.25) is 0 Å². The molecule has 0 fully saturated rings. The average Bonchev–Trinajstić information content (AvgIpc) is 3.51. The molecule has 0 radical (unpaired) electrons. The second-order valence-electron chi connectivity index (χ2n) is 15.5. The van der Waals surface area contributed by atoms with Crippen LogP contribution in [0.4, 0.5) is 0 Å². The van der Waals surface area contributed by atoms with Crippen LogP contribution < -0.4 is 0 Å². The number of phenols is 2. The Morgan fingerprint density at radius 1 is 0.475 bits per heavy atom. The van der Waals surface area contributed by atoms with E-state index in [-0.39, 0.29) is 20.4 Å². The fourth-order valence-corrected chi connectivity index (χ4v) is 7.13. The van der Waals surface area contributed by atoms with E-state index >= 15 is 0 Å². The van der Waals surface area contributed by atoms with Gasteiger partial charge in [0.05, 0.1) is 0 Å². The fraction of sp³-hybridized carbons (Fsp3) is 0.444. The Morgan fingerprint density at radius 3 is 1.20 bits per heavy atom. The maximum Gasteiger partial charge on any atom is 0.223 e. The van der Waals surface area contributed by atoms with E-state index in [4.69, 9.17) is 10.2 Å². The van der Waals surface area contributed by atoms with Crippen molar-refractivity contribution >= 4 is 11.4 Å². The molecule has 4 aromatic rings. The summed E-state index contributed by atoms with van der Waals surface area (Å²) in [5.74, 6) is 7.76. The first-order chi connectivity index (χ1) is 28.3. The van der Waals surface area contributed by atoms with Crippen LogP contribution in [0.3, 0.4) is 0 Å². The summed E-state index contributed by atoms with van der Waals surface area (Å²) >= 11 is 0. The van der Waals surface area contributed by atoms with E-state index in [1.807, 2.05) is 12.1 Å². The number of nitrogens with zero attached hydrogens (tertiary/aromatic N) is 2. The van der Waals surface area contributed by atoms with E-state index in [9.17, 15) is 5.53 Å². The molecule has 1 heterocycles. The number of aryl methyl sites for hydroxylation is 4. The molecule has 4 nitrogen and oxygen atoms in total. The van der Waals surface area contributed by atoms with Crippen molar-refractivity contribution in [1.82, 2.24) is 0 Å². The molecule has 0 saturated heterocycles. The van der Waals surface area contributed by atoms with Crippen LogP contribution in [0.5, 0.6) is 11.5 Å². The molecule has 1 aliphatic rings. The topological polar surface area (TPSA) is 65.8 Å². The van der Waals surface area contributed by atoms with Crippen LogP contribution in [0.1, 0.15) is 165 Å². The van der Waals surface area contributed by atoms with E-state index in [1.165, 1.54) is 92.0 Å². The minimum absolute atomic E-state index is 0. The maximum absolute atomic E-state index is 12.3. The molecule has 0 saturated carbocycles. The van der Waals surface area contributed by atoms with Crippen LogP contribution in [-0.2, 0) is 46.1 Å². The molecule has 0 bridgehead atoms. The Balaban J connectivity index is 0.000000667. The van der Waals surface area contributed by atoms with Gasteiger partial charge in [0, 0.05) is 43.5 Å². The van der Waals surface area contributed by atoms with E-state index in [0.717, 1.165) is 79.5 Å². The van der Waals surface area contributed by atoms with Gasteiger partial charge < -0.3 is 15.7 Å². The molecule has 2 N–H and O–H groups in total. The summed E-state index contributed by atoms with van der Waals surface area (Å²) < 4.78 is 1.54. The van der Waals surface area contributed by atoms with Crippen LogP contribution in [0.2, 0.25) is 0 Å². The number of unbranched alkanes of at least 4 members (excludes halogenated alkanes) is 7. The molecule has 0 amide bonds. The molecule has 5 heteroatoms. The molecule has 0 unspecified atom stereocenters. The second-order valence-corrected chi connectivity index (χ2v) is 15.5. The smallest absolute Gasteiger partial charge is 0.223 e. The van der Waals surface area contributed by atoms with Gasteiger partial charge in [-0.25, -0.2) is 4.70 Å². The van der Waals surface area contributed by atoms with Gasteiger partial charge in [0.15, 0.2) is 0 Å². The van der Waals surface area contributed by atoms with Crippen molar-refractivity contribution in [3.8, 4) is 23.3 Å². The second kappa shape index (κ2) is 29.9. The first-order valence-electron chi connectivity index (χ1n) is 22.5. The van der Waals surface area contributed by atoms with Crippen LogP contribution in [0, 0.1) is 11.8 Å². The number of rotatable bonds is 19. The van der Waals surface area contributed by atoms with Gasteiger partial charge in [-0.15, -0.1) is 0 Å². The third-order valence-corrected chi connectivity index (χ3v) is 10.3. The summed E-state index contributed by atoms with van der Waals surface area (Å²) in [5, 5.41) is 17.3. The van der Waals surface area contributed by atoms with E-state index in [0.29, 0.717) is 11.5 Å². The van der Waals surface area contributed by atoms with Crippen molar-refractivity contribution in [2.45, 2.75) is 157 Å². The van der Waals surface area contributed by atoms with Crippen LogP contribution in [-0.4, -0.2) is 14.9 Å². The normalized spacial score (nSPS) is 11.9. The quantitative estimate of drug-likeness (QED) is 0.0426. The van der Waals surface area contributed by atoms with Crippen molar-refractivity contribution in [3.05, 3.63) is 147 Å². The van der Waals surface area contributed by atoms with Gasteiger partial charge >= 0.3 is 0 Å². The number of benzene rings is 4. The van der Waals surface area contributed by atoms with E-state index in [2.05, 4.69) is 89.8 Å².